The summed E-state index contributed by atoms with van der Waals surface area (Å²) in [5.74, 6) is -0.757. The molecule has 6 unspecified atom stereocenters. The van der Waals surface area contributed by atoms with E-state index in [0.717, 1.165) is 5.56 Å². The van der Waals surface area contributed by atoms with Gasteiger partial charge in [-0.05, 0) is 36.2 Å². The van der Waals surface area contributed by atoms with E-state index < -0.39 is 0 Å². The van der Waals surface area contributed by atoms with Crippen LogP contribution in [0.1, 0.15) is 12.5 Å². The van der Waals surface area contributed by atoms with E-state index in [1.54, 1.807) is 6.92 Å². The lowest BCUT2D eigenvalue weighted by atomic mass is 9.63. The Labute approximate surface area is 152 Å². The average Bonchev–Trinajstić information content (AvgIpc) is 3.38. The van der Waals surface area contributed by atoms with Crippen molar-refractivity contribution >= 4 is 17.8 Å². The molecule has 5 aliphatic rings. The van der Waals surface area contributed by atoms with Crippen molar-refractivity contribution in [1.82, 2.24) is 4.90 Å². The Morgan fingerprint density at radius 1 is 1.00 bits per heavy atom. The van der Waals surface area contributed by atoms with Gasteiger partial charge < -0.3 is 4.74 Å². The van der Waals surface area contributed by atoms with Crippen molar-refractivity contribution in [1.29, 1.82) is 0 Å². The smallest absolute Gasteiger partial charge is 0.309 e. The Kier molecular flexibility index (Phi) is 3.36. The third kappa shape index (κ3) is 2.00. The van der Waals surface area contributed by atoms with Crippen LogP contribution in [-0.4, -0.2) is 29.3 Å². The van der Waals surface area contributed by atoms with Gasteiger partial charge in [0.15, 0.2) is 0 Å². The molecule has 6 rings (SSSR count). The topological polar surface area (TPSA) is 63.7 Å². The van der Waals surface area contributed by atoms with E-state index in [1.807, 2.05) is 30.3 Å². The van der Waals surface area contributed by atoms with Crippen molar-refractivity contribution < 1.29 is 19.1 Å². The maximum absolute atomic E-state index is 13.1. The van der Waals surface area contributed by atoms with Gasteiger partial charge in [0.05, 0.1) is 30.9 Å². The highest BCUT2D eigenvalue weighted by atomic mass is 16.5. The molecule has 4 aliphatic carbocycles. The second kappa shape index (κ2) is 5.53. The van der Waals surface area contributed by atoms with Gasteiger partial charge in [0.2, 0.25) is 11.8 Å². The van der Waals surface area contributed by atoms with Crippen molar-refractivity contribution in [3.8, 4) is 0 Å². The molecule has 1 aliphatic heterocycles. The van der Waals surface area contributed by atoms with E-state index in [9.17, 15) is 14.4 Å². The lowest BCUT2D eigenvalue weighted by Crippen LogP contribution is -2.40. The zero-order valence-corrected chi connectivity index (χ0v) is 14.6. The molecule has 1 aromatic carbocycles. The molecule has 1 aromatic rings. The van der Waals surface area contributed by atoms with Crippen LogP contribution in [0.3, 0.4) is 0 Å². The fourth-order valence-electron chi connectivity index (χ4n) is 5.64. The summed E-state index contributed by atoms with van der Waals surface area (Å²) in [7, 11) is 0. The molecule has 0 spiro atoms. The zero-order valence-electron chi connectivity index (χ0n) is 14.6. The monoisotopic (exact) mass is 351 g/mol. The fraction of sp³-hybridized carbons (Fsp3) is 0.476. The molecule has 1 heterocycles. The number of imide groups is 1. The molecule has 134 valence electrons. The van der Waals surface area contributed by atoms with Crippen LogP contribution < -0.4 is 0 Å². The highest BCUT2D eigenvalue weighted by molar-refractivity contribution is 6.06. The molecule has 1 saturated heterocycles. The maximum atomic E-state index is 13.1. The van der Waals surface area contributed by atoms with Gasteiger partial charge in [0, 0.05) is 0 Å². The average molecular weight is 351 g/mol. The van der Waals surface area contributed by atoms with Gasteiger partial charge in [-0.25, -0.2) is 0 Å². The molecule has 5 heteroatoms. The molecule has 26 heavy (non-hydrogen) atoms. The second-order valence-electron chi connectivity index (χ2n) is 7.77. The van der Waals surface area contributed by atoms with E-state index in [0.29, 0.717) is 13.2 Å². The van der Waals surface area contributed by atoms with Crippen LogP contribution in [0.15, 0.2) is 42.5 Å². The van der Waals surface area contributed by atoms with Gasteiger partial charge in [-0.15, -0.1) is 0 Å². The number of nitrogens with zero attached hydrogens (tertiary/aromatic N) is 1. The first-order chi connectivity index (χ1) is 12.6. The standard InChI is InChI=1S/C21H21NO4/c1-2-26-21(25)18-14-12-8-9-13(15(14)18)17-16(12)19(23)22(20(17)24)10-11-6-4-3-5-7-11/h3-9,12-18H,2,10H2,1H3. The number of rotatable bonds is 4. The summed E-state index contributed by atoms with van der Waals surface area (Å²) < 4.78 is 5.21. The molecule has 2 bridgehead atoms. The molecular weight excluding hydrogens is 330 g/mol. The summed E-state index contributed by atoms with van der Waals surface area (Å²) in [5, 5.41) is 0. The lowest BCUT2D eigenvalue weighted by molar-refractivity contribution is -0.146. The van der Waals surface area contributed by atoms with E-state index in [-0.39, 0.29) is 59.2 Å². The number of amides is 2. The van der Waals surface area contributed by atoms with Gasteiger partial charge in [-0.3, -0.25) is 19.3 Å². The Bertz CT molecular complexity index is 779. The van der Waals surface area contributed by atoms with Crippen molar-refractivity contribution in [2.24, 2.45) is 41.4 Å². The summed E-state index contributed by atoms with van der Waals surface area (Å²) in [6, 6.07) is 9.62. The Balaban J connectivity index is 1.41. The first kappa shape index (κ1) is 15.8. The highest BCUT2D eigenvalue weighted by Gasteiger charge is 2.73. The molecular formula is C21H21NO4. The van der Waals surface area contributed by atoms with Crippen molar-refractivity contribution in [2.75, 3.05) is 6.61 Å². The number of carbonyl (C=O) groups is 3. The summed E-state index contributed by atoms with van der Waals surface area (Å²) in [4.78, 5) is 39.8. The van der Waals surface area contributed by atoms with Gasteiger partial charge in [-0.1, -0.05) is 42.5 Å². The number of carbonyl (C=O) groups excluding carboxylic acids is 3. The fourth-order valence-corrected chi connectivity index (χ4v) is 5.64. The summed E-state index contributed by atoms with van der Waals surface area (Å²) >= 11 is 0. The molecule has 2 amide bonds. The largest absolute Gasteiger partial charge is 0.466 e. The first-order valence-corrected chi connectivity index (χ1v) is 9.37. The first-order valence-electron chi connectivity index (χ1n) is 9.37. The third-order valence-corrected chi connectivity index (χ3v) is 6.64. The maximum Gasteiger partial charge on any atom is 0.309 e. The van der Waals surface area contributed by atoms with E-state index >= 15 is 0 Å². The van der Waals surface area contributed by atoms with E-state index in [4.69, 9.17) is 4.74 Å². The van der Waals surface area contributed by atoms with Crippen molar-refractivity contribution in [3.63, 3.8) is 0 Å². The quantitative estimate of drug-likeness (QED) is 0.473. The van der Waals surface area contributed by atoms with Crippen LogP contribution in [0.25, 0.3) is 0 Å². The Morgan fingerprint density at radius 2 is 1.58 bits per heavy atom. The number of benzene rings is 1. The normalized spacial score (nSPS) is 39.0. The Morgan fingerprint density at radius 3 is 2.12 bits per heavy atom. The predicted octanol–water partition coefficient (Wildman–Crippen LogP) is 2.03. The zero-order chi connectivity index (χ0) is 18.0. The molecule has 0 aromatic heterocycles. The number of hydrogen-bond acceptors (Lipinski definition) is 4. The van der Waals surface area contributed by atoms with Crippen LogP contribution >= 0.6 is 0 Å². The minimum Gasteiger partial charge on any atom is -0.466 e. The summed E-state index contributed by atoms with van der Waals surface area (Å²) in [6.07, 6.45) is 4.15. The van der Waals surface area contributed by atoms with Crippen LogP contribution in [-0.2, 0) is 25.7 Å². The Hall–Kier alpha value is -2.43. The molecule has 6 atom stereocenters. The summed E-state index contributed by atoms with van der Waals surface area (Å²) in [5.41, 5.74) is 0.961. The van der Waals surface area contributed by atoms with Gasteiger partial charge >= 0.3 is 5.97 Å². The molecule has 2 saturated carbocycles. The lowest BCUT2D eigenvalue weighted by Gasteiger charge is -2.37. The van der Waals surface area contributed by atoms with Crippen LogP contribution in [0.2, 0.25) is 0 Å². The number of ether oxygens (including phenoxy) is 1. The minimum atomic E-state index is -0.304. The highest BCUT2D eigenvalue weighted by Crippen LogP contribution is 2.69. The van der Waals surface area contributed by atoms with Gasteiger partial charge in [-0.2, -0.15) is 0 Å². The number of allylic oxidation sites excluding steroid dienone is 2. The number of likely N-dealkylation sites (tertiary alicyclic amines) is 1. The molecule has 0 radical (unpaired) electrons. The number of esters is 1. The number of hydrogen-bond donors (Lipinski definition) is 0. The van der Waals surface area contributed by atoms with E-state index in [2.05, 4.69) is 12.2 Å². The molecule has 0 N–H and O–H groups in total. The van der Waals surface area contributed by atoms with Crippen molar-refractivity contribution in [2.45, 2.75) is 13.5 Å². The predicted molar refractivity (Wildman–Crippen MR) is 92.2 cm³/mol. The molecule has 3 fully saturated rings. The van der Waals surface area contributed by atoms with Crippen molar-refractivity contribution in [3.05, 3.63) is 48.0 Å². The van der Waals surface area contributed by atoms with Gasteiger partial charge in [0.1, 0.15) is 0 Å². The van der Waals surface area contributed by atoms with Crippen LogP contribution in [0, 0.1) is 41.4 Å². The minimum absolute atomic E-state index is 0.0124. The van der Waals surface area contributed by atoms with E-state index in [1.165, 1.54) is 4.90 Å². The van der Waals surface area contributed by atoms with Crippen LogP contribution in [0.4, 0.5) is 0 Å². The van der Waals surface area contributed by atoms with Gasteiger partial charge in [0.25, 0.3) is 0 Å². The third-order valence-electron chi connectivity index (χ3n) is 6.64. The SMILES string of the molecule is CCOC(=O)C1C2C3C=CC(C4C(=O)N(Cc5ccccc5)C(=O)C34)C12. The summed E-state index contributed by atoms with van der Waals surface area (Å²) in [6.45, 7) is 2.51. The second-order valence-corrected chi connectivity index (χ2v) is 7.77. The molecule has 5 nitrogen and oxygen atoms in total. The van der Waals surface area contributed by atoms with Crippen LogP contribution in [0.5, 0.6) is 0 Å².